The summed E-state index contributed by atoms with van der Waals surface area (Å²) < 4.78 is 44.6. The fourth-order valence-corrected chi connectivity index (χ4v) is 4.45. The lowest BCUT2D eigenvalue weighted by atomic mass is 9.82. The third kappa shape index (κ3) is 4.37. The molecule has 7 heteroatoms. The Morgan fingerprint density at radius 3 is 2.41 bits per heavy atom. The second-order valence-corrected chi connectivity index (χ2v) is 8.04. The number of alkyl halides is 3. The van der Waals surface area contributed by atoms with Crippen LogP contribution in [0.5, 0.6) is 0 Å². The fourth-order valence-electron chi connectivity index (χ4n) is 4.22. The van der Waals surface area contributed by atoms with E-state index < -0.39 is 22.9 Å². The summed E-state index contributed by atoms with van der Waals surface area (Å²) in [6, 6.07) is 7.65. The lowest BCUT2D eigenvalue weighted by Crippen LogP contribution is -2.22. The highest BCUT2D eigenvalue weighted by Gasteiger charge is 2.33. The molecule has 2 aliphatic carbocycles. The van der Waals surface area contributed by atoms with Crippen LogP contribution < -0.4 is 5.32 Å². The zero-order chi connectivity index (χ0) is 20.6. The molecule has 1 unspecified atom stereocenters. The molecule has 0 aromatic heterocycles. The van der Waals surface area contributed by atoms with Crippen molar-refractivity contribution >= 4 is 23.4 Å². The van der Waals surface area contributed by atoms with Crippen LogP contribution in [0.2, 0.25) is 5.02 Å². The second kappa shape index (κ2) is 7.90. The van der Waals surface area contributed by atoms with Gasteiger partial charge < -0.3 is 4.74 Å². The first kappa shape index (κ1) is 20.1. The molecular weight excluding hydrogens is 403 g/mol. The Bertz CT molecular complexity index is 942. The highest BCUT2D eigenvalue weighted by Crippen LogP contribution is 2.38. The lowest BCUT2D eigenvalue weighted by molar-refractivity contribution is -0.137. The summed E-state index contributed by atoms with van der Waals surface area (Å²) in [5.41, 5.74) is 3.94. The maximum absolute atomic E-state index is 13.0. The van der Waals surface area contributed by atoms with Crippen molar-refractivity contribution in [2.24, 2.45) is 0 Å². The zero-order valence-corrected chi connectivity index (χ0v) is 16.5. The Labute approximate surface area is 172 Å². The van der Waals surface area contributed by atoms with E-state index in [-0.39, 0.29) is 11.8 Å². The number of carbonyl (C=O) groups is 1. The number of ether oxygens (including phenoxy) is 1. The van der Waals surface area contributed by atoms with Crippen molar-refractivity contribution in [3.05, 3.63) is 63.2 Å². The van der Waals surface area contributed by atoms with Crippen LogP contribution in [0.4, 0.5) is 23.7 Å². The second-order valence-electron chi connectivity index (χ2n) is 7.63. The molecule has 0 bridgehead atoms. The van der Waals surface area contributed by atoms with E-state index in [1.54, 1.807) is 0 Å². The molecule has 2 aromatic rings. The van der Waals surface area contributed by atoms with E-state index in [2.05, 4.69) is 17.4 Å². The lowest BCUT2D eigenvalue weighted by Gasteiger charge is -2.28. The highest BCUT2D eigenvalue weighted by atomic mass is 35.5. The Morgan fingerprint density at radius 1 is 1.00 bits per heavy atom. The molecule has 0 spiro atoms. The minimum absolute atomic E-state index is 0.00630. The number of amides is 1. The molecule has 0 fully saturated rings. The molecule has 0 saturated heterocycles. The van der Waals surface area contributed by atoms with Crippen LogP contribution in [0, 0.1) is 0 Å². The van der Waals surface area contributed by atoms with E-state index in [9.17, 15) is 18.0 Å². The third-order valence-corrected chi connectivity index (χ3v) is 5.96. The Kier molecular flexibility index (Phi) is 5.47. The minimum atomic E-state index is -4.60. The fraction of sp³-hybridized carbons (Fsp3) is 0.409. The van der Waals surface area contributed by atoms with Gasteiger partial charge in [-0.15, -0.1) is 0 Å². The van der Waals surface area contributed by atoms with E-state index in [0.29, 0.717) is 6.42 Å². The molecular formula is C22H21ClF3NO2. The third-order valence-electron chi connectivity index (χ3n) is 5.63. The average molecular weight is 424 g/mol. The normalized spacial score (nSPS) is 18.6. The van der Waals surface area contributed by atoms with Crippen LogP contribution in [0.25, 0.3) is 0 Å². The van der Waals surface area contributed by atoms with Gasteiger partial charge in [-0.05, 0) is 85.4 Å². The average Bonchev–Trinajstić information content (AvgIpc) is 2.67. The van der Waals surface area contributed by atoms with Crippen LogP contribution in [-0.4, -0.2) is 6.09 Å². The Hall–Kier alpha value is -2.21. The Balaban J connectivity index is 1.50. The number of halogens is 4. The molecule has 154 valence electrons. The van der Waals surface area contributed by atoms with Gasteiger partial charge in [0.05, 0.1) is 10.6 Å². The number of nitrogens with one attached hydrogen (secondary N) is 1. The topological polar surface area (TPSA) is 38.3 Å². The minimum Gasteiger partial charge on any atom is -0.441 e. The van der Waals surface area contributed by atoms with Gasteiger partial charge >= 0.3 is 12.3 Å². The molecule has 4 rings (SSSR count). The molecule has 0 radical (unpaired) electrons. The van der Waals surface area contributed by atoms with E-state index in [0.717, 1.165) is 49.8 Å². The summed E-state index contributed by atoms with van der Waals surface area (Å²) in [5, 5.41) is 1.99. The molecule has 1 amide bonds. The van der Waals surface area contributed by atoms with Gasteiger partial charge in [-0.1, -0.05) is 23.7 Å². The maximum Gasteiger partial charge on any atom is 0.417 e. The van der Waals surface area contributed by atoms with Gasteiger partial charge in [0.2, 0.25) is 0 Å². The van der Waals surface area contributed by atoms with Crippen molar-refractivity contribution in [3.8, 4) is 0 Å². The first-order valence-corrected chi connectivity index (χ1v) is 10.2. The van der Waals surface area contributed by atoms with Crippen molar-refractivity contribution < 1.29 is 22.7 Å². The zero-order valence-electron chi connectivity index (χ0n) is 15.7. The van der Waals surface area contributed by atoms with Gasteiger partial charge in [-0.3, -0.25) is 5.32 Å². The summed E-state index contributed by atoms with van der Waals surface area (Å²) in [6.07, 6.45) is 1.30. The number of aryl methyl sites for hydroxylation is 3. The molecule has 2 aromatic carbocycles. The number of hydrogen-bond acceptors (Lipinski definition) is 2. The predicted octanol–water partition coefficient (Wildman–Crippen LogP) is 6.86. The highest BCUT2D eigenvalue weighted by molar-refractivity contribution is 6.31. The van der Waals surface area contributed by atoms with Crippen molar-refractivity contribution in [1.29, 1.82) is 0 Å². The molecule has 1 atom stereocenters. The number of fused-ring (bicyclic) bond motifs is 2. The van der Waals surface area contributed by atoms with E-state index in [4.69, 9.17) is 16.3 Å². The monoisotopic (exact) mass is 423 g/mol. The summed E-state index contributed by atoms with van der Waals surface area (Å²) in [6.45, 7) is 0. The molecule has 0 saturated carbocycles. The van der Waals surface area contributed by atoms with Crippen molar-refractivity contribution in [2.45, 2.75) is 57.2 Å². The van der Waals surface area contributed by atoms with Gasteiger partial charge in [0.1, 0.15) is 6.10 Å². The standard InChI is InChI=1S/C22H21ClF3NO2/c23-19-9-8-16(12-18(19)22(24,25)26)27-21(28)29-20-7-3-6-15-10-13-4-1-2-5-14(13)11-17(15)20/h8-12,20H,1-7H2,(H,27,28). The van der Waals surface area contributed by atoms with Gasteiger partial charge in [-0.25, -0.2) is 4.79 Å². The quantitative estimate of drug-likeness (QED) is 0.572. The molecule has 3 nitrogen and oxygen atoms in total. The first-order valence-electron chi connectivity index (χ1n) is 9.80. The maximum atomic E-state index is 13.0. The molecule has 2 aliphatic rings. The number of hydrogen-bond donors (Lipinski definition) is 1. The first-order chi connectivity index (χ1) is 13.8. The summed E-state index contributed by atoms with van der Waals surface area (Å²) in [5.74, 6) is 0. The summed E-state index contributed by atoms with van der Waals surface area (Å²) in [4.78, 5) is 12.4. The van der Waals surface area contributed by atoms with Gasteiger partial charge in [-0.2, -0.15) is 13.2 Å². The van der Waals surface area contributed by atoms with Gasteiger partial charge in [0.15, 0.2) is 0 Å². The van der Waals surface area contributed by atoms with Crippen LogP contribution in [0.1, 0.15) is 59.6 Å². The molecule has 1 N–H and O–H groups in total. The number of carbonyl (C=O) groups excluding carboxylic acids is 1. The van der Waals surface area contributed by atoms with Crippen LogP contribution in [-0.2, 0) is 30.2 Å². The smallest absolute Gasteiger partial charge is 0.417 e. The summed E-state index contributed by atoms with van der Waals surface area (Å²) >= 11 is 5.62. The van der Waals surface area contributed by atoms with E-state index in [1.165, 1.54) is 29.2 Å². The van der Waals surface area contributed by atoms with E-state index >= 15 is 0 Å². The largest absolute Gasteiger partial charge is 0.441 e. The molecule has 0 heterocycles. The Morgan fingerprint density at radius 2 is 1.69 bits per heavy atom. The number of rotatable bonds is 2. The number of benzene rings is 2. The van der Waals surface area contributed by atoms with Crippen LogP contribution in [0.15, 0.2) is 30.3 Å². The SMILES string of the molecule is O=C(Nc1ccc(Cl)c(C(F)(F)F)c1)OC1CCCc2cc3c(cc21)CCCC3. The van der Waals surface area contributed by atoms with Crippen molar-refractivity contribution in [3.63, 3.8) is 0 Å². The molecule has 0 aliphatic heterocycles. The van der Waals surface area contributed by atoms with Gasteiger partial charge in [0.25, 0.3) is 0 Å². The van der Waals surface area contributed by atoms with Gasteiger partial charge in [0, 0.05) is 5.69 Å². The number of anilines is 1. The van der Waals surface area contributed by atoms with Crippen LogP contribution in [0.3, 0.4) is 0 Å². The van der Waals surface area contributed by atoms with E-state index in [1.807, 2.05) is 0 Å². The summed E-state index contributed by atoms with van der Waals surface area (Å²) in [7, 11) is 0. The van der Waals surface area contributed by atoms with Crippen LogP contribution >= 0.6 is 11.6 Å². The van der Waals surface area contributed by atoms with Crippen molar-refractivity contribution in [2.75, 3.05) is 5.32 Å². The van der Waals surface area contributed by atoms with Crippen molar-refractivity contribution in [1.82, 2.24) is 0 Å². The predicted molar refractivity (Wildman–Crippen MR) is 105 cm³/mol. The molecule has 29 heavy (non-hydrogen) atoms.